The maximum absolute atomic E-state index is 11.3. The first-order chi connectivity index (χ1) is 7.88. The van der Waals surface area contributed by atoms with Gasteiger partial charge in [0.15, 0.2) is 0 Å². The molecule has 0 bridgehead atoms. The molecule has 17 heavy (non-hydrogen) atoms. The number of ether oxygens (including phenoxy) is 1. The highest BCUT2D eigenvalue weighted by Crippen LogP contribution is 2.03. The van der Waals surface area contributed by atoms with Gasteiger partial charge >= 0.3 is 5.97 Å². The highest BCUT2D eigenvalue weighted by Gasteiger charge is 2.14. The van der Waals surface area contributed by atoms with Crippen molar-refractivity contribution >= 4 is 11.9 Å². The van der Waals surface area contributed by atoms with Gasteiger partial charge in [0, 0.05) is 12.1 Å². The molecule has 2 unspecified atom stereocenters. The molecule has 0 aromatic rings. The number of carbonyl (C=O) groups is 2. The zero-order valence-electron chi connectivity index (χ0n) is 10.7. The van der Waals surface area contributed by atoms with E-state index in [0.717, 1.165) is 0 Å². The summed E-state index contributed by atoms with van der Waals surface area (Å²) in [6.07, 6.45) is -0.201. The lowest BCUT2D eigenvalue weighted by molar-refractivity contribution is -0.150. The largest absolute Gasteiger partial charge is 0.463 e. The molecule has 0 spiro atoms. The van der Waals surface area contributed by atoms with E-state index in [9.17, 15) is 14.7 Å². The summed E-state index contributed by atoms with van der Waals surface area (Å²) in [7, 11) is 0. The molecule has 0 aromatic heterocycles. The van der Waals surface area contributed by atoms with E-state index in [1.165, 1.54) is 0 Å². The molecule has 5 nitrogen and oxygen atoms in total. The van der Waals surface area contributed by atoms with Gasteiger partial charge in [-0.1, -0.05) is 20.4 Å². The number of hydrogen-bond acceptors (Lipinski definition) is 4. The van der Waals surface area contributed by atoms with Crippen LogP contribution in [0.5, 0.6) is 0 Å². The third-order valence-electron chi connectivity index (χ3n) is 2.32. The second-order valence-electron chi connectivity index (χ2n) is 4.08. The van der Waals surface area contributed by atoms with Gasteiger partial charge in [0.25, 0.3) is 0 Å². The number of nitrogens with one attached hydrogen (secondary N) is 1. The van der Waals surface area contributed by atoms with E-state index >= 15 is 0 Å². The van der Waals surface area contributed by atoms with Gasteiger partial charge in [0.2, 0.25) is 5.91 Å². The summed E-state index contributed by atoms with van der Waals surface area (Å²) >= 11 is 0. The Morgan fingerprint density at radius 2 is 2.06 bits per heavy atom. The summed E-state index contributed by atoms with van der Waals surface area (Å²) in [4.78, 5) is 22.4. The van der Waals surface area contributed by atoms with Crippen molar-refractivity contribution in [1.82, 2.24) is 5.32 Å². The van der Waals surface area contributed by atoms with Gasteiger partial charge in [0.05, 0.1) is 5.92 Å². The van der Waals surface area contributed by atoms with Gasteiger partial charge in [-0.3, -0.25) is 9.59 Å². The van der Waals surface area contributed by atoms with Crippen LogP contribution in [0, 0.1) is 5.92 Å². The van der Waals surface area contributed by atoms with E-state index in [2.05, 4.69) is 11.9 Å². The highest BCUT2D eigenvalue weighted by atomic mass is 16.5. The molecule has 2 atom stereocenters. The maximum atomic E-state index is 11.3. The summed E-state index contributed by atoms with van der Waals surface area (Å²) in [5.74, 6) is -0.831. The molecule has 0 heterocycles. The SMILES string of the molecule is C=C(C)C(=O)NCC(O)COC(=O)C(C)CC. The smallest absolute Gasteiger partial charge is 0.308 e. The Kier molecular flexibility index (Phi) is 7.21. The van der Waals surface area contributed by atoms with Crippen LogP contribution in [-0.4, -0.2) is 36.2 Å². The Hall–Kier alpha value is -1.36. The molecule has 0 saturated carbocycles. The molecular weight excluding hydrogens is 222 g/mol. The molecule has 0 fully saturated rings. The molecule has 2 N–H and O–H groups in total. The zero-order chi connectivity index (χ0) is 13.4. The third-order valence-corrected chi connectivity index (χ3v) is 2.32. The van der Waals surface area contributed by atoms with Gasteiger partial charge in [-0.15, -0.1) is 0 Å². The van der Waals surface area contributed by atoms with Crippen molar-refractivity contribution in [2.75, 3.05) is 13.2 Å². The van der Waals surface area contributed by atoms with Crippen LogP contribution in [0.3, 0.4) is 0 Å². The minimum atomic E-state index is -0.897. The Morgan fingerprint density at radius 1 is 1.47 bits per heavy atom. The topological polar surface area (TPSA) is 75.6 Å². The fourth-order valence-corrected chi connectivity index (χ4v) is 0.908. The monoisotopic (exact) mass is 243 g/mol. The van der Waals surface area contributed by atoms with Gasteiger partial charge in [-0.2, -0.15) is 0 Å². The van der Waals surface area contributed by atoms with E-state index in [4.69, 9.17) is 4.74 Å². The highest BCUT2D eigenvalue weighted by molar-refractivity contribution is 5.92. The average molecular weight is 243 g/mol. The molecule has 5 heteroatoms. The molecule has 0 saturated heterocycles. The zero-order valence-corrected chi connectivity index (χ0v) is 10.7. The Labute approximate surface area is 102 Å². The molecule has 0 aromatic carbocycles. The Bertz CT molecular complexity index is 288. The van der Waals surface area contributed by atoms with Crippen LogP contribution in [0.25, 0.3) is 0 Å². The van der Waals surface area contributed by atoms with Crippen molar-refractivity contribution in [3.8, 4) is 0 Å². The molecule has 0 aliphatic heterocycles. The molecule has 1 amide bonds. The van der Waals surface area contributed by atoms with Crippen molar-refractivity contribution < 1.29 is 19.4 Å². The number of carbonyl (C=O) groups excluding carboxylic acids is 2. The van der Waals surface area contributed by atoms with Crippen molar-refractivity contribution in [2.24, 2.45) is 5.92 Å². The van der Waals surface area contributed by atoms with Crippen LogP contribution >= 0.6 is 0 Å². The number of hydrogen-bond donors (Lipinski definition) is 2. The number of amides is 1. The van der Waals surface area contributed by atoms with E-state index in [-0.39, 0.29) is 30.9 Å². The molecule has 0 aliphatic carbocycles. The molecule has 98 valence electrons. The van der Waals surface area contributed by atoms with Crippen LogP contribution in [-0.2, 0) is 14.3 Å². The third kappa shape index (κ3) is 6.73. The second kappa shape index (κ2) is 7.84. The summed E-state index contributed by atoms with van der Waals surface area (Å²) < 4.78 is 4.89. The van der Waals surface area contributed by atoms with Crippen LogP contribution in [0.4, 0.5) is 0 Å². The van der Waals surface area contributed by atoms with Crippen molar-refractivity contribution in [2.45, 2.75) is 33.3 Å². The summed E-state index contributed by atoms with van der Waals surface area (Å²) in [6, 6.07) is 0. The van der Waals surface area contributed by atoms with E-state index in [1.54, 1.807) is 13.8 Å². The predicted molar refractivity (Wildman–Crippen MR) is 64.2 cm³/mol. The first kappa shape index (κ1) is 15.6. The normalized spacial score (nSPS) is 13.6. The quantitative estimate of drug-likeness (QED) is 0.508. The van der Waals surface area contributed by atoms with Crippen LogP contribution < -0.4 is 5.32 Å². The lowest BCUT2D eigenvalue weighted by atomic mass is 10.1. The fraction of sp³-hybridized carbons (Fsp3) is 0.667. The summed E-state index contributed by atoms with van der Waals surface area (Å²) in [6.45, 7) is 8.61. The van der Waals surface area contributed by atoms with Crippen molar-refractivity contribution in [3.63, 3.8) is 0 Å². The predicted octanol–water partition coefficient (Wildman–Crippen LogP) is 0.629. The van der Waals surface area contributed by atoms with Gasteiger partial charge in [-0.25, -0.2) is 0 Å². The first-order valence-electron chi connectivity index (χ1n) is 5.66. The molecule has 0 rings (SSSR count). The minimum Gasteiger partial charge on any atom is -0.463 e. The molecule has 0 aliphatic rings. The standard InChI is InChI=1S/C12H21NO4/c1-5-9(4)12(16)17-7-10(14)6-13-11(15)8(2)3/h9-10,14H,2,5-7H2,1,3-4H3,(H,13,15). The van der Waals surface area contributed by atoms with Crippen LogP contribution in [0.1, 0.15) is 27.2 Å². The van der Waals surface area contributed by atoms with Crippen LogP contribution in [0.2, 0.25) is 0 Å². The van der Waals surface area contributed by atoms with Crippen LogP contribution in [0.15, 0.2) is 12.2 Å². The maximum Gasteiger partial charge on any atom is 0.308 e. The van der Waals surface area contributed by atoms with E-state index in [0.29, 0.717) is 12.0 Å². The lowest BCUT2D eigenvalue weighted by Gasteiger charge is -2.14. The second-order valence-corrected chi connectivity index (χ2v) is 4.08. The molecule has 0 radical (unpaired) electrons. The minimum absolute atomic E-state index is 0.0412. The lowest BCUT2D eigenvalue weighted by Crippen LogP contribution is -2.35. The fourth-order valence-electron chi connectivity index (χ4n) is 0.908. The summed E-state index contributed by atoms with van der Waals surface area (Å²) in [5.41, 5.74) is 0.369. The van der Waals surface area contributed by atoms with Crippen molar-refractivity contribution in [1.29, 1.82) is 0 Å². The van der Waals surface area contributed by atoms with E-state index < -0.39 is 6.10 Å². The number of aliphatic hydroxyl groups excluding tert-OH is 1. The Morgan fingerprint density at radius 3 is 2.53 bits per heavy atom. The van der Waals surface area contributed by atoms with Gasteiger partial charge < -0.3 is 15.2 Å². The average Bonchev–Trinajstić information content (AvgIpc) is 2.31. The van der Waals surface area contributed by atoms with Gasteiger partial charge in [-0.05, 0) is 13.3 Å². The van der Waals surface area contributed by atoms with Gasteiger partial charge in [0.1, 0.15) is 12.7 Å². The first-order valence-corrected chi connectivity index (χ1v) is 5.66. The Balaban J connectivity index is 3.80. The van der Waals surface area contributed by atoms with E-state index in [1.807, 2.05) is 6.92 Å². The van der Waals surface area contributed by atoms with Crippen molar-refractivity contribution in [3.05, 3.63) is 12.2 Å². The number of esters is 1. The number of aliphatic hydroxyl groups is 1. The number of rotatable bonds is 7. The summed E-state index contributed by atoms with van der Waals surface area (Å²) in [5, 5.41) is 11.9. The molecular formula is C12H21NO4.